The molecule has 0 aromatic carbocycles. The van der Waals surface area contributed by atoms with Gasteiger partial charge in [0.1, 0.15) is 5.82 Å². The molecule has 0 spiro atoms. The Balaban J connectivity index is 2.25. The van der Waals surface area contributed by atoms with Gasteiger partial charge in [0, 0.05) is 24.5 Å². The van der Waals surface area contributed by atoms with Crippen LogP contribution >= 0.6 is 0 Å². The van der Waals surface area contributed by atoms with Gasteiger partial charge in [-0.1, -0.05) is 6.07 Å². The topological polar surface area (TPSA) is 78.0 Å². The smallest absolute Gasteiger partial charge is 0.251 e. The van der Waals surface area contributed by atoms with E-state index in [2.05, 4.69) is 4.98 Å². The molecule has 19 heavy (non-hydrogen) atoms. The summed E-state index contributed by atoms with van der Waals surface area (Å²) in [7, 11) is 0. The Morgan fingerprint density at radius 2 is 2.16 bits per heavy atom. The van der Waals surface area contributed by atoms with Crippen molar-refractivity contribution in [3.05, 3.63) is 47.4 Å². The normalized spacial score (nSPS) is 14.2. The number of carbonyl (C=O) groups excluding carboxylic acids is 2. The first-order valence-electron chi connectivity index (χ1n) is 6.17. The second-order valence-corrected chi connectivity index (χ2v) is 4.56. The Kier molecular flexibility index (Phi) is 2.67. The van der Waals surface area contributed by atoms with Gasteiger partial charge in [-0.05, 0) is 25.0 Å². The molecule has 0 unspecified atom stereocenters. The first-order chi connectivity index (χ1) is 9.18. The highest BCUT2D eigenvalue weighted by Crippen LogP contribution is 2.28. The van der Waals surface area contributed by atoms with Gasteiger partial charge in [0.15, 0.2) is 5.78 Å². The molecule has 0 saturated heterocycles. The predicted molar refractivity (Wildman–Crippen MR) is 69.4 cm³/mol. The van der Waals surface area contributed by atoms with Crippen molar-refractivity contribution >= 4 is 11.7 Å². The third-order valence-corrected chi connectivity index (χ3v) is 3.36. The third-order valence-electron chi connectivity index (χ3n) is 3.36. The van der Waals surface area contributed by atoms with Crippen LogP contribution in [0.25, 0.3) is 5.82 Å². The number of nitrogens with two attached hydrogens (primary N) is 1. The molecular weight excluding hydrogens is 242 g/mol. The molecule has 0 saturated carbocycles. The molecule has 3 rings (SSSR count). The Morgan fingerprint density at radius 3 is 2.84 bits per heavy atom. The molecule has 0 radical (unpaired) electrons. The van der Waals surface area contributed by atoms with Crippen molar-refractivity contribution in [1.82, 2.24) is 9.55 Å². The Labute approximate surface area is 110 Å². The van der Waals surface area contributed by atoms with Crippen molar-refractivity contribution in [2.75, 3.05) is 0 Å². The number of carbonyl (C=O) groups is 2. The monoisotopic (exact) mass is 255 g/mol. The SMILES string of the molecule is NC(=O)c1cn(-c2ccccn2)c2c1C(=O)CCC2. The van der Waals surface area contributed by atoms with Crippen LogP contribution in [0.15, 0.2) is 30.6 Å². The average molecular weight is 255 g/mol. The summed E-state index contributed by atoms with van der Waals surface area (Å²) in [6.07, 6.45) is 5.32. The van der Waals surface area contributed by atoms with Crippen molar-refractivity contribution < 1.29 is 9.59 Å². The zero-order chi connectivity index (χ0) is 13.4. The Bertz CT molecular complexity index is 659. The van der Waals surface area contributed by atoms with Gasteiger partial charge in [-0.2, -0.15) is 0 Å². The fourth-order valence-corrected chi connectivity index (χ4v) is 2.53. The highest BCUT2D eigenvalue weighted by Gasteiger charge is 2.28. The molecule has 0 aliphatic heterocycles. The summed E-state index contributed by atoms with van der Waals surface area (Å²) in [5.41, 5.74) is 6.98. The number of ketones is 1. The van der Waals surface area contributed by atoms with Crippen LogP contribution in [0.2, 0.25) is 0 Å². The number of aromatic nitrogens is 2. The molecule has 0 bridgehead atoms. The fraction of sp³-hybridized carbons (Fsp3) is 0.214. The average Bonchev–Trinajstić information content (AvgIpc) is 2.81. The van der Waals surface area contributed by atoms with E-state index < -0.39 is 5.91 Å². The van der Waals surface area contributed by atoms with Crippen LogP contribution in [-0.2, 0) is 6.42 Å². The molecule has 2 N–H and O–H groups in total. The van der Waals surface area contributed by atoms with E-state index in [4.69, 9.17) is 5.73 Å². The van der Waals surface area contributed by atoms with E-state index >= 15 is 0 Å². The van der Waals surface area contributed by atoms with E-state index in [0.717, 1.165) is 18.5 Å². The minimum absolute atomic E-state index is 0.00951. The quantitative estimate of drug-likeness (QED) is 0.883. The van der Waals surface area contributed by atoms with Crippen molar-refractivity contribution in [2.24, 2.45) is 5.73 Å². The molecule has 5 heteroatoms. The second-order valence-electron chi connectivity index (χ2n) is 4.56. The highest BCUT2D eigenvalue weighted by atomic mass is 16.1. The number of Topliss-reactive ketones (excluding diaryl/α,β-unsaturated/α-hetero) is 1. The first kappa shape index (κ1) is 11.6. The molecule has 0 atom stereocenters. The number of hydrogen-bond acceptors (Lipinski definition) is 3. The highest BCUT2D eigenvalue weighted by molar-refractivity contribution is 6.09. The molecular formula is C14H13N3O2. The Morgan fingerprint density at radius 1 is 1.32 bits per heavy atom. The molecule has 0 fully saturated rings. The lowest BCUT2D eigenvalue weighted by atomic mass is 9.93. The maximum absolute atomic E-state index is 12.0. The van der Waals surface area contributed by atoms with Gasteiger partial charge in [0.25, 0.3) is 5.91 Å². The summed E-state index contributed by atoms with van der Waals surface area (Å²) in [6, 6.07) is 5.52. The van der Waals surface area contributed by atoms with Gasteiger partial charge in [-0.3, -0.25) is 9.59 Å². The van der Waals surface area contributed by atoms with Crippen LogP contribution in [0.5, 0.6) is 0 Å². The summed E-state index contributed by atoms with van der Waals surface area (Å²) in [5.74, 6) is 0.117. The summed E-state index contributed by atoms with van der Waals surface area (Å²) in [4.78, 5) is 27.8. The van der Waals surface area contributed by atoms with Crippen molar-refractivity contribution in [2.45, 2.75) is 19.3 Å². The summed E-state index contributed by atoms with van der Waals surface area (Å²) < 4.78 is 1.80. The minimum atomic E-state index is -0.568. The number of nitrogens with zero attached hydrogens (tertiary/aromatic N) is 2. The number of rotatable bonds is 2. The van der Waals surface area contributed by atoms with Gasteiger partial charge >= 0.3 is 0 Å². The molecule has 1 aliphatic rings. The lowest BCUT2D eigenvalue weighted by Gasteiger charge is -2.14. The minimum Gasteiger partial charge on any atom is -0.366 e. The standard InChI is InChI=1S/C14H13N3O2/c15-14(19)9-8-17(12-6-1-2-7-16-12)10-4-3-5-11(18)13(9)10/h1-2,6-8H,3-5H2,(H2,15,19). The van der Waals surface area contributed by atoms with Gasteiger partial charge in [-0.25, -0.2) is 4.98 Å². The predicted octanol–water partition coefficient (Wildman–Crippen LogP) is 1.49. The van der Waals surface area contributed by atoms with Gasteiger partial charge in [-0.15, -0.1) is 0 Å². The molecule has 5 nitrogen and oxygen atoms in total. The van der Waals surface area contributed by atoms with Crippen molar-refractivity contribution in [1.29, 1.82) is 0 Å². The fourth-order valence-electron chi connectivity index (χ4n) is 2.53. The molecule has 96 valence electrons. The summed E-state index contributed by atoms with van der Waals surface area (Å²) in [6.45, 7) is 0. The maximum Gasteiger partial charge on any atom is 0.251 e. The van der Waals surface area contributed by atoms with Crippen LogP contribution < -0.4 is 5.73 Å². The Hall–Kier alpha value is -2.43. The van der Waals surface area contributed by atoms with Crippen LogP contribution in [0.1, 0.15) is 39.3 Å². The van der Waals surface area contributed by atoms with E-state index in [1.165, 1.54) is 0 Å². The van der Waals surface area contributed by atoms with E-state index in [9.17, 15) is 9.59 Å². The summed E-state index contributed by atoms with van der Waals surface area (Å²) >= 11 is 0. The van der Waals surface area contributed by atoms with Crippen molar-refractivity contribution in [3.63, 3.8) is 0 Å². The van der Waals surface area contributed by atoms with Crippen molar-refractivity contribution in [3.8, 4) is 5.82 Å². The molecule has 2 aromatic rings. The van der Waals surface area contributed by atoms with E-state index in [1.807, 2.05) is 18.2 Å². The molecule has 1 amide bonds. The van der Waals surface area contributed by atoms with Crippen LogP contribution in [0.3, 0.4) is 0 Å². The first-order valence-corrected chi connectivity index (χ1v) is 6.17. The van der Waals surface area contributed by atoms with E-state index in [1.54, 1.807) is 17.0 Å². The molecule has 1 aliphatic carbocycles. The molecule has 2 aromatic heterocycles. The maximum atomic E-state index is 12.0. The van der Waals surface area contributed by atoms with E-state index in [-0.39, 0.29) is 5.78 Å². The molecule has 2 heterocycles. The zero-order valence-electron chi connectivity index (χ0n) is 10.3. The number of amides is 1. The lowest BCUT2D eigenvalue weighted by Crippen LogP contribution is -2.18. The largest absolute Gasteiger partial charge is 0.366 e. The zero-order valence-corrected chi connectivity index (χ0v) is 10.3. The number of pyridine rings is 1. The number of primary amides is 1. The lowest BCUT2D eigenvalue weighted by molar-refractivity contribution is 0.0950. The van der Waals surface area contributed by atoms with Crippen LogP contribution in [-0.4, -0.2) is 21.2 Å². The number of hydrogen-bond donors (Lipinski definition) is 1. The van der Waals surface area contributed by atoms with Gasteiger partial charge in [0.2, 0.25) is 0 Å². The van der Waals surface area contributed by atoms with Gasteiger partial charge < -0.3 is 10.3 Å². The van der Waals surface area contributed by atoms with Gasteiger partial charge in [0.05, 0.1) is 11.1 Å². The van der Waals surface area contributed by atoms with E-state index in [0.29, 0.717) is 23.4 Å². The third kappa shape index (κ3) is 1.83. The summed E-state index contributed by atoms with van der Waals surface area (Å²) in [5, 5.41) is 0. The number of fused-ring (bicyclic) bond motifs is 1. The van der Waals surface area contributed by atoms with Crippen LogP contribution in [0.4, 0.5) is 0 Å². The second kappa shape index (κ2) is 4.35. The van der Waals surface area contributed by atoms with Crippen LogP contribution in [0, 0.1) is 0 Å².